The van der Waals surface area contributed by atoms with E-state index in [1.165, 1.54) is 7.11 Å². The molecule has 1 aromatic heterocycles. The van der Waals surface area contributed by atoms with Crippen LogP contribution in [0.2, 0.25) is 0 Å². The number of hydrogen-bond donors (Lipinski definition) is 5. The quantitative estimate of drug-likeness (QED) is 0.0735. The van der Waals surface area contributed by atoms with Gasteiger partial charge >= 0.3 is 6.03 Å². The van der Waals surface area contributed by atoms with Crippen LogP contribution in [-0.4, -0.2) is 44.3 Å². The van der Waals surface area contributed by atoms with Gasteiger partial charge in [0.2, 0.25) is 10.0 Å². The number of carbonyl (C=O) groups excluding carboxylic acids is 1. The molecule has 5 N–H and O–H groups in total. The van der Waals surface area contributed by atoms with Gasteiger partial charge in [-0.1, -0.05) is 51.1 Å². The zero-order valence-corrected chi connectivity index (χ0v) is 31.5. The predicted molar refractivity (Wildman–Crippen MR) is 207 cm³/mol. The van der Waals surface area contributed by atoms with Crippen molar-refractivity contribution in [2.24, 2.45) is 0 Å². The molecule has 13 nitrogen and oxygen atoms in total. The van der Waals surface area contributed by atoms with E-state index in [1.54, 1.807) is 60.8 Å². The molecule has 5 rings (SSSR count). The third-order valence-corrected chi connectivity index (χ3v) is 9.05. The van der Waals surface area contributed by atoms with Crippen molar-refractivity contribution in [2.45, 2.75) is 39.3 Å². The lowest BCUT2D eigenvalue weighted by Gasteiger charge is -2.24. The summed E-state index contributed by atoms with van der Waals surface area (Å²) in [6, 6.07) is 22.6. The molecule has 15 heteroatoms. The van der Waals surface area contributed by atoms with Crippen molar-refractivity contribution in [1.82, 2.24) is 4.98 Å². The summed E-state index contributed by atoms with van der Waals surface area (Å²) < 4.78 is 55.8. The van der Waals surface area contributed by atoms with Crippen LogP contribution in [0.5, 0.6) is 23.0 Å². The van der Waals surface area contributed by atoms with Crippen LogP contribution in [0.25, 0.3) is 10.8 Å². The van der Waals surface area contributed by atoms with E-state index < -0.39 is 24.1 Å². The predicted octanol–water partition coefficient (Wildman–Crippen LogP) is 8.46. The first-order valence-corrected chi connectivity index (χ1v) is 19.8. The summed E-state index contributed by atoms with van der Waals surface area (Å²) in [6.07, 6.45) is 2.68. The number of aromatic nitrogens is 1. The Morgan fingerprint density at radius 1 is 0.904 bits per heavy atom. The first-order valence-electron chi connectivity index (χ1n) is 16.3. The SMILES string of the molecule is CCOc1cc(Nc2cc(Oc3ccc(NC(=O)Nc4cc(C(C)(C)C)cc(NS(C)(=O)=O)c4OC)c4ccccc34)ccn2)ccc1C[PH](=O)O. The number of nitrogens with zero attached hydrogens (tertiary/aromatic N) is 1. The minimum absolute atomic E-state index is 0.0285. The molecule has 52 heavy (non-hydrogen) atoms. The van der Waals surface area contributed by atoms with Crippen LogP contribution in [0, 0.1) is 0 Å². The van der Waals surface area contributed by atoms with Crippen LogP contribution in [0.4, 0.5) is 33.4 Å². The highest BCUT2D eigenvalue weighted by molar-refractivity contribution is 7.92. The number of ether oxygens (including phenoxy) is 3. The maximum atomic E-state index is 13.4. The third-order valence-electron chi connectivity index (χ3n) is 7.78. The molecule has 0 spiro atoms. The molecule has 0 fully saturated rings. The number of anilines is 5. The number of fused-ring (bicyclic) bond motifs is 1. The van der Waals surface area contributed by atoms with Gasteiger partial charge in [-0.2, -0.15) is 0 Å². The number of carbonyl (C=O) groups is 1. The molecule has 0 bridgehead atoms. The van der Waals surface area contributed by atoms with Crippen LogP contribution in [0.3, 0.4) is 0 Å². The summed E-state index contributed by atoms with van der Waals surface area (Å²) in [5, 5.41) is 10.4. The molecule has 5 aromatic rings. The second-order valence-corrected chi connectivity index (χ2v) is 15.8. The van der Waals surface area contributed by atoms with E-state index >= 15 is 0 Å². The molecule has 1 heterocycles. The Balaban J connectivity index is 1.37. The van der Waals surface area contributed by atoms with Gasteiger partial charge in [-0.05, 0) is 54.3 Å². The average Bonchev–Trinajstić information content (AvgIpc) is 3.06. The fraction of sp³-hybridized carbons (Fsp3) is 0.243. The summed E-state index contributed by atoms with van der Waals surface area (Å²) in [5.74, 6) is 2.24. The number of sulfonamides is 1. The summed E-state index contributed by atoms with van der Waals surface area (Å²) in [4.78, 5) is 27.3. The molecule has 0 aliphatic carbocycles. The van der Waals surface area contributed by atoms with E-state index in [2.05, 4.69) is 25.7 Å². The number of hydrogen-bond acceptors (Lipinski definition) is 9. The van der Waals surface area contributed by atoms with Gasteiger partial charge in [-0.3, -0.25) is 9.29 Å². The normalized spacial score (nSPS) is 12.1. The molecule has 1 unspecified atom stereocenters. The minimum Gasteiger partial charge on any atom is -0.494 e. The molecule has 274 valence electrons. The molecule has 0 saturated carbocycles. The molecule has 0 radical (unpaired) electrons. The summed E-state index contributed by atoms with van der Waals surface area (Å²) in [5.41, 5.74) is 2.75. The van der Waals surface area contributed by atoms with Gasteiger partial charge in [0.25, 0.3) is 0 Å². The Bertz CT molecular complexity index is 2240. The number of nitrogens with one attached hydrogen (secondary N) is 4. The van der Waals surface area contributed by atoms with E-state index in [0.29, 0.717) is 52.0 Å². The highest BCUT2D eigenvalue weighted by Gasteiger charge is 2.22. The van der Waals surface area contributed by atoms with Gasteiger partial charge in [0.15, 0.2) is 13.8 Å². The molecule has 2 amide bonds. The zero-order valence-electron chi connectivity index (χ0n) is 29.7. The maximum Gasteiger partial charge on any atom is 0.323 e. The summed E-state index contributed by atoms with van der Waals surface area (Å²) >= 11 is 0. The Labute approximate surface area is 303 Å². The van der Waals surface area contributed by atoms with E-state index in [4.69, 9.17) is 14.2 Å². The monoisotopic (exact) mass is 747 g/mol. The summed E-state index contributed by atoms with van der Waals surface area (Å²) in [7, 11) is -4.95. The average molecular weight is 748 g/mol. The highest BCUT2D eigenvalue weighted by atomic mass is 32.2. The highest BCUT2D eigenvalue weighted by Crippen LogP contribution is 2.40. The standard InChI is InChI=1S/C37H42N5O8PS/c1-7-49-33-20-25(13-12-23(33)22-51(44)45)39-34-21-26(16-17-38-34)50-32-15-14-29(27-10-8-9-11-28(27)32)40-36(43)41-30-18-24(37(2,3)4)19-31(35(30)48-5)42-52(6,46)47/h8-21,42,51H,7,22H2,1-6H3,(H,38,39)(H,44,45)(H2,40,41,43). The van der Waals surface area contributed by atoms with Gasteiger partial charge in [0, 0.05) is 40.4 Å². The second kappa shape index (κ2) is 15.9. The van der Waals surface area contributed by atoms with E-state index in [9.17, 15) is 22.7 Å². The number of benzene rings is 4. The van der Waals surface area contributed by atoms with Crippen LogP contribution in [0.1, 0.15) is 38.8 Å². The largest absolute Gasteiger partial charge is 0.494 e. The van der Waals surface area contributed by atoms with Crippen molar-refractivity contribution in [1.29, 1.82) is 0 Å². The van der Waals surface area contributed by atoms with Gasteiger partial charge in [0.05, 0.1) is 43.2 Å². The minimum atomic E-state index is -3.64. The Hall–Kier alpha value is -5.30. The fourth-order valence-corrected chi connectivity index (χ4v) is 6.61. The van der Waals surface area contributed by atoms with Crippen LogP contribution in [0.15, 0.2) is 85.1 Å². The van der Waals surface area contributed by atoms with Gasteiger partial charge in [-0.25, -0.2) is 18.2 Å². The number of rotatable bonds is 13. The molecule has 1 atom stereocenters. The molecular formula is C37H42N5O8PS. The Kier molecular flexibility index (Phi) is 11.6. The second-order valence-electron chi connectivity index (χ2n) is 12.9. The topological polar surface area (TPSA) is 177 Å². The summed E-state index contributed by atoms with van der Waals surface area (Å²) in [6.45, 7) is 8.19. The molecule has 4 aromatic carbocycles. The van der Waals surface area contributed by atoms with Crippen molar-refractivity contribution in [3.05, 3.63) is 96.2 Å². The first-order chi connectivity index (χ1) is 24.6. The molecule has 0 aliphatic heterocycles. The van der Waals surface area contributed by atoms with Crippen LogP contribution in [-0.2, 0) is 26.2 Å². The third kappa shape index (κ3) is 9.72. The van der Waals surface area contributed by atoms with Crippen molar-refractivity contribution in [3.8, 4) is 23.0 Å². The van der Waals surface area contributed by atoms with Crippen LogP contribution >= 0.6 is 8.03 Å². The number of urea groups is 1. The van der Waals surface area contributed by atoms with Crippen molar-refractivity contribution < 1.29 is 36.9 Å². The van der Waals surface area contributed by atoms with Crippen LogP contribution < -0.4 is 34.9 Å². The maximum absolute atomic E-state index is 13.4. The van der Waals surface area contributed by atoms with Crippen molar-refractivity contribution in [2.75, 3.05) is 40.6 Å². The zero-order chi connectivity index (χ0) is 37.6. The number of pyridine rings is 1. The van der Waals surface area contributed by atoms with Crippen molar-refractivity contribution in [3.63, 3.8) is 0 Å². The van der Waals surface area contributed by atoms with Gasteiger partial charge in [0.1, 0.15) is 23.1 Å². The van der Waals surface area contributed by atoms with E-state index in [0.717, 1.165) is 17.2 Å². The lowest BCUT2D eigenvalue weighted by molar-refractivity contribution is 0.262. The Morgan fingerprint density at radius 3 is 2.29 bits per heavy atom. The number of methoxy groups -OCH3 is 1. The Morgan fingerprint density at radius 2 is 1.62 bits per heavy atom. The lowest BCUT2D eigenvalue weighted by atomic mass is 9.86. The smallest absolute Gasteiger partial charge is 0.323 e. The van der Waals surface area contributed by atoms with E-state index in [1.807, 2.05) is 52.0 Å². The lowest BCUT2D eigenvalue weighted by Crippen LogP contribution is -2.22. The number of amides is 2. The van der Waals surface area contributed by atoms with Crippen molar-refractivity contribution >= 4 is 63.4 Å². The molecule has 0 saturated heterocycles. The van der Waals surface area contributed by atoms with E-state index in [-0.39, 0.29) is 28.7 Å². The van der Waals surface area contributed by atoms with Gasteiger partial charge < -0.3 is 35.1 Å². The first kappa shape index (κ1) is 37.9. The molecule has 0 aliphatic rings. The fourth-order valence-electron chi connectivity index (χ4n) is 5.44. The van der Waals surface area contributed by atoms with Gasteiger partial charge in [-0.15, -0.1) is 0 Å². The molecular weight excluding hydrogens is 705 g/mol.